The van der Waals surface area contributed by atoms with E-state index in [0.29, 0.717) is 0 Å². The Morgan fingerprint density at radius 1 is 0.283 bits per heavy atom. The largest absolute Gasteiger partial charge is 0.0643 e. The summed E-state index contributed by atoms with van der Waals surface area (Å²) in [6.07, 6.45) is 0. The highest BCUT2D eigenvalue weighted by Gasteiger charge is 2.39. The molecule has 0 unspecified atom stereocenters. The first-order chi connectivity index (χ1) is 20.6. The van der Waals surface area contributed by atoms with Crippen LogP contribution in [0.3, 0.4) is 0 Å². The molecule has 254 valence electrons. The molecular formula is C42H66P4. The van der Waals surface area contributed by atoms with E-state index in [9.17, 15) is 0 Å². The third-order valence-corrected chi connectivity index (χ3v) is 20.9. The first kappa shape index (κ1) is 39.8. The van der Waals surface area contributed by atoms with Gasteiger partial charge < -0.3 is 0 Å². The van der Waals surface area contributed by atoms with Gasteiger partial charge in [0.2, 0.25) is 0 Å². The molecule has 0 bridgehead atoms. The van der Waals surface area contributed by atoms with Crippen LogP contribution in [0.2, 0.25) is 0 Å². The van der Waals surface area contributed by atoms with Crippen LogP contribution in [0.4, 0.5) is 0 Å². The number of benzene rings is 3. The molecule has 3 aromatic rings. The molecule has 0 heterocycles. The van der Waals surface area contributed by atoms with Gasteiger partial charge in [0.1, 0.15) is 0 Å². The van der Waals surface area contributed by atoms with E-state index >= 15 is 0 Å². The van der Waals surface area contributed by atoms with E-state index in [4.69, 9.17) is 0 Å². The summed E-state index contributed by atoms with van der Waals surface area (Å²) in [6, 6.07) is 29.5. The van der Waals surface area contributed by atoms with Gasteiger partial charge in [0.15, 0.2) is 0 Å². The summed E-state index contributed by atoms with van der Waals surface area (Å²) in [5.74, 6) is 0. The Bertz CT molecular complexity index is 1240. The fourth-order valence-corrected chi connectivity index (χ4v) is 23.0. The van der Waals surface area contributed by atoms with Crippen LogP contribution in [0.5, 0.6) is 0 Å². The van der Waals surface area contributed by atoms with E-state index in [-0.39, 0.29) is 30.9 Å². The third-order valence-electron chi connectivity index (χ3n) is 8.06. The average Bonchev–Trinajstić information content (AvgIpc) is 2.79. The molecule has 46 heavy (non-hydrogen) atoms. The molecular weight excluding hydrogens is 628 g/mol. The highest BCUT2D eigenvalue weighted by atomic mass is 31.1. The van der Waals surface area contributed by atoms with Gasteiger partial charge in [-0.1, -0.05) is 203 Å². The maximum atomic E-state index is 2.61. The monoisotopic (exact) mass is 694 g/mol. The Morgan fingerprint density at radius 2 is 0.457 bits per heavy atom. The van der Waals surface area contributed by atoms with E-state index in [0.717, 1.165) is 0 Å². The summed E-state index contributed by atoms with van der Waals surface area (Å²) in [7, 11) is -1.94. The molecule has 0 atom stereocenters. The number of hydrogen-bond donors (Lipinski definition) is 0. The van der Waals surface area contributed by atoms with E-state index in [1.165, 1.54) is 31.8 Å². The van der Waals surface area contributed by atoms with Gasteiger partial charge in [-0.25, -0.2) is 0 Å². The zero-order valence-electron chi connectivity index (χ0n) is 32.7. The Balaban J connectivity index is 2.38. The van der Waals surface area contributed by atoms with Crippen molar-refractivity contribution in [3.63, 3.8) is 0 Å². The average molecular weight is 695 g/mol. The summed E-state index contributed by atoms with van der Waals surface area (Å²) in [4.78, 5) is 0. The highest BCUT2D eigenvalue weighted by Crippen LogP contribution is 2.60. The molecule has 0 radical (unpaired) electrons. The zero-order valence-corrected chi connectivity index (χ0v) is 36.3. The number of rotatable bonds is 6. The Morgan fingerprint density at radius 3 is 0.630 bits per heavy atom. The van der Waals surface area contributed by atoms with Crippen LogP contribution < -0.4 is 31.8 Å². The minimum atomic E-state index is -0.753. The molecule has 3 rings (SSSR count). The molecule has 0 N–H and O–H groups in total. The van der Waals surface area contributed by atoms with Crippen molar-refractivity contribution in [2.45, 2.75) is 156 Å². The lowest BCUT2D eigenvalue weighted by atomic mass is 10.2. The Hall–Kier alpha value is -0.620. The predicted molar refractivity (Wildman–Crippen MR) is 223 cm³/mol. The molecule has 0 saturated carbocycles. The molecule has 0 aliphatic heterocycles. The third kappa shape index (κ3) is 9.75. The van der Waals surface area contributed by atoms with Gasteiger partial charge in [0.05, 0.1) is 0 Å². The molecule has 0 saturated heterocycles. The van der Waals surface area contributed by atoms with Crippen molar-refractivity contribution in [2.75, 3.05) is 0 Å². The van der Waals surface area contributed by atoms with Gasteiger partial charge in [-0.3, -0.25) is 0 Å². The van der Waals surface area contributed by atoms with Gasteiger partial charge >= 0.3 is 0 Å². The van der Waals surface area contributed by atoms with E-state index in [1.807, 2.05) is 0 Å². The molecule has 0 spiro atoms. The second-order valence-electron chi connectivity index (χ2n) is 18.9. The van der Waals surface area contributed by atoms with Crippen molar-refractivity contribution in [1.82, 2.24) is 0 Å². The fraction of sp³-hybridized carbons (Fsp3) is 0.571. The standard InChI is InChI=1S/C42H66P4/c1-37(2,3)44(38(4,5)6)34-25-19-22-31(28-34)43(32-23-20-26-35(29-32)45(39(7,8)9)40(10,11)12)33-24-21-27-36(30-33)46(41(13,14)15)42(16,17)18/h19-30H,1-18H3. The highest BCUT2D eigenvalue weighted by molar-refractivity contribution is 7.80. The van der Waals surface area contributed by atoms with E-state index in [1.54, 1.807) is 0 Å². The van der Waals surface area contributed by atoms with Crippen LogP contribution in [0.1, 0.15) is 125 Å². The first-order valence-electron chi connectivity index (χ1n) is 17.1. The molecule has 0 nitrogen and oxygen atoms in total. The normalized spacial score (nSPS) is 14.2. The van der Waals surface area contributed by atoms with Gasteiger partial charge in [-0.15, -0.1) is 0 Å². The Kier molecular flexibility index (Phi) is 12.1. The van der Waals surface area contributed by atoms with E-state index < -0.39 is 31.7 Å². The van der Waals surface area contributed by atoms with Gasteiger partial charge in [-0.2, -0.15) is 0 Å². The van der Waals surface area contributed by atoms with Crippen LogP contribution in [0.25, 0.3) is 0 Å². The van der Waals surface area contributed by atoms with Gasteiger partial charge in [0.25, 0.3) is 0 Å². The topological polar surface area (TPSA) is 0 Å². The SMILES string of the molecule is CC(C)(C)P(c1cccc(P(c2cccc(P(C(C)(C)C)C(C)(C)C)c2)c2cccc(P(C(C)(C)C)C(C)(C)C)c2)c1)C(C)(C)C. The van der Waals surface area contributed by atoms with Crippen molar-refractivity contribution in [3.05, 3.63) is 72.8 Å². The van der Waals surface area contributed by atoms with Crippen molar-refractivity contribution in [3.8, 4) is 0 Å². The smallest absolute Gasteiger partial charge is 0.0134 e. The summed E-state index contributed by atoms with van der Waals surface area (Å²) >= 11 is 0. The summed E-state index contributed by atoms with van der Waals surface area (Å²) in [5, 5.41) is 10.4. The van der Waals surface area contributed by atoms with Crippen LogP contribution in [-0.2, 0) is 0 Å². The number of hydrogen-bond acceptors (Lipinski definition) is 0. The second kappa shape index (κ2) is 13.9. The van der Waals surface area contributed by atoms with Crippen LogP contribution in [0, 0.1) is 0 Å². The summed E-state index contributed by atoms with van der Waals surface area (Å²) < 4.78 is 0. The lowest BCUT2D eigenvalue weighted by Crippen LogP contribution is -2.35. The maximum Gasteiger partial charge on any atom is -0.0134 e. The lowest BCUT2D eigenvalue weighted by Gasteiger charge is -2.42. The molecule has 0 fully saturated rings. The molecule has 0 aliphatic rings. The molecule has 3 aromatic carbocycles. The quantitative estimate of drug-likeness (QED) is 0.225. The second-order valence-corrected chi connectivity index (χ2v) is 32.8. The minimum absolute atomic E-state index is 0.222. The maximum absolute atomic E-state index is 2.61. The van der Waals surface area contributed by atoms with Crippen molar-refractivity contribution in [2.24, 2.45) is 0 Å². The van der Waals surface area contributed by atoms with E-state index in [2.05, 4.69) is 197 Å². The predicted octanol–water partition coefficient (Wildman–Crippen LogP) is 11.6. The first-order valence-corrected chi connectivity index (χ1v) is 22.5. The van der Waals surface area contributed by atoms with Gasteiger partial charge in [-0.05, 0) is 88.9 Å². The summed E-state index contributed by atoms with van der Waals surface area (Å²) in [6.45, 7) is 43.9. The molecule has 0 aliphatic carbocycles. The molecule has 0 amide bonds. The van der Waals surface area contributed by atoms with Crippen molar-refractivity contribution < 1.29 is 0 Å². The van der Waals surface area contributed by atoms with Crippen LogP contribution in [-0.4, -0.2) is 30.9 Å². The van der Waals surface area contributed by atoms with Crippen molar-refractivity contribution in [1.29, 1.82) is 0 Å². The zero-order chi connectivity index (χ0) is 35.3. The minimum Gasteiger partial charge on any atom is -0.0643 e. The molecule has 4 heteroatoms. The fourth-order valence-electron chi connectivity index (χ4n) is 8.10. The van der Waals surface area contributed by atoms with Crippen LogP contribution >= 0.6 is 31.7 Å². The lowest BCUT2D eigenvalue weighted by molar-refractivity contribution is 0.714. The van der Waals surface area contributed by atoms with Crippen LogP contribution in [0.15, 0.2) is 72.8 Å². The van der Waals surface area contributed by atoms with Gasteiger partial charge in [0, 0.05) is 0 Å². The molecule has 0 aromatic heterocycles. The summed E-state index contributed by atoms with van der Waals surface area (Å²) in [5.41, 5.74) is 0. The van der Waals surface area contributed by atoms with Crippen molar-refractivity contribution >= 4 is 63.5 Å². The Labute approximate surface area is 290 Å².